The number of nitrogens with one attached hydrogen (secondary N) is 1. The lowest BCUT2D eigenvalue weighted by Crippen LogP contribution is -2.24. The highest BCUT2D eigenvalue weighted by atomic mass is 16.5. The van der Waals surface area contributed by atoms with Gasteiger partial charge < -0.3 is 14.8 Å². The van der Waals surface area contributed by atoms with Crippen molar-refractivity contribution in [1.29, 1.82) is 0 Å². The van der Waals surface area contributed by atoms with Crippen LogP contribution in [0.4, 0.5) is 0 Å². The molecule has 0 saturated carbocycles. The van der Waals surface area contributed by atoms with Crippen molar-refractivity contribution < 1.29 is 14.3 Å². The van der Waals surface area contributed by atoms with Gasteiger partial charge in [-0.2, -0.15) is 0 Å². The summed E-state index contributed by atoms with van der Waals surface area (Å²) in [5.41, 5.74) is 8.57. The lowest BCUT2D eigenvalue weighted by molar-refractivity contribution is 0.0952. The lowest BCUT2D eigenvalue weighted by atomic mass is 10.2. The third-order valence-electron chi connectivity index (χ3n) is 2.40. The second-order valence-corrected chi connectivity index (χ2v) is 3.67. The molecule has 102 valence electrons. The molecule has 0 heterocycles. The number of rotatable bonds is 7. The van der Waals surface area contributed by atoms with E-state index in [9.17, 15) is 4.79 Å². The van der Waals surface area contributed by atoms with Crippen LogP contribution < -0.4 is 14.8 Å². The third kappa shape index (κ3) is 4.77. The molecule has 1 aromatic rings. The Balaban J connectivity index is 2.62. The Kier molecular flexibility index (Phi) is 6.05. The van der Waals surface area contributed by atoms with Crippen LogP contribution in [-0.2, 0) is 0 Å². The topological polar surface area (TPSA) is 96.3 Å². The molecule has 1 amide bonds. The number of benzene rings is 1. The average molecular weight is 264 g/mol. The van der Waals surface area contributed by atoms with E-state index < -0.39 is 0 Å². The van der Waals surface area contributed by atoms with Crippen molar-refractivity contribution in [2.24, 2.45) is 5.11 Å². The summed E-state index contributed by atoms with van der Waals surface area (Å²) in [5.74, 6) is 0.885. The zero-order valence-corrected chi connectivity index (χ0v) is 10.9. The fraction of sp³-hybridized carbons (Fsp3) is 0.417. The summed E-state index contributed by atoms with van der Waals surface area (Å²) in [5, 5.41) is 6.11. The predicted octanol–water partition coefficient (Wildman–Crippen LogP) is 2.13. The van der Waals surface area contributed by atoms with Crippen LogP contribution in [0.25, 0.3) is 10.4 Å². The molecule has 0 atom stereocenters. The van der Waals surface area contributed by atoms with Crippen LogP contribution in [0, 0.1) is 0 Å². The molecule has 0 bridgehead atoms. The Morgan fingerprint density at radius 2 is 1.95 bits per heavy atom. The van der Waals surface area contributed by atoms with Crippen molar-refractivity contribution in [1.82, 2.24) is 5.32 Å². The Morgan fingerprint density at radius 1 is 1.32 bits per heavy atom. The first-order chi connectivity index (χ1) is 9.21. The summed E-state index contributed by atoms with van der Waals surface area (Å²) in [7, 11) is 3.05. The molecule has 0 aromatic heterocycles. The number of ether oxygens (including phenoxy) is 2. The minimum absolute atomic E-state index is 0.224. The largest absolute Gasteiger partial charge is 0.497 e. The van der Waals surface area contributed by atoms with Crippen molar-refractivity contribution in [3.05, 3.63) is 34.2 Å². The maximum absolute atomic E-state index is 11.9. The van der Waals surface area contributed by atoms with Gasteiger partial charge in [0.05, 0.1) is 14.2 Å². The first-order valence-corrected chi connectivity index (χ1v) is 5.73. The monoisotopic (exact) mass is 264 g/mol. The van der Waals surface area contributed by atoms with Crippen LogP contribution in [-0.4, -0.2) is 33.2 Å². The summed E-state index contributed by atoms with van der Waals surface area (Å²) in [6, 6.07) is 4.95. The normalized spacial score (nSPS) is 9.37. The van der Waals surface area contributed by atoms with E-state index in [0.717, 1.165) is 0 Å². The first-order valence-electron chi connectivity index (χ1n) is 5.73. The SMILES string of the molecule is COc1cc(OC)cc(C(=O)NCCCN=[N+]=[N-])c1. The second-order valence-electron chi connectivity index (χ2n) is 3.67. The Labute approximate surface area is 111 Å². The van der Waals surface area contributed by atoms with Gasteiger partial charge in [-0.25, -0.2) is 0 Å². The van der Waals surface area contributed by atoms with Gasteiger partial charge in [0.1, 0.15) is 11.5 Å². The molecule has 7 nitrogen and oxygen atoms in total. The van der Waals surface area contributed by atoms with Gasteiger partial charge in [-0.15, -0.1) is 0 Å². The predicted molar refractivity (Wildman–Crippen MR) is 70.5 cm³/mol. The van der Waals surface area contributed by atoms with E-state index in [1.165, 1.54) is 14.2 Å². The van der Waals surface area contributed by atoms with Gasteiger partial charge in [0, 0.05) is 29.6 Å². The van der Waals surface area contributed by atoms with Gasteiger partial charge in [-0.1, -0.05) is 5.11 Å². The minimum atomic E-state index is -0.224. The number of nitrogens with zero attached hydrogens (tertiary/aromatic N) is 3. The molecule has 1 N–H and O–H groups in total. The fourth-order valence-electron chi connectivity index (χ4n) is 1.44. The quantitative estimate of drug-likeness (QED) is 0.353. The number of azide groups is 1. The molecule has 0 saturated heterocycles. The third-order valence-corrected chi connectivity index (χ3v) is 2.40. The van der Waals surface area contributed by atoms with Crippen LogP contribution in [0.15, 0.2) is 23.3 Å². The summed E-state index contributed by atoms with van der Waals surface area (Å²) in [6.07, 6.45) is 0.594. The van der Waals surface area contributed by atoms with Crippen LogP contribution in [0.1, 0.15) is 16.8 Å². The first kappa shape index (κ1) is 14.7. The van der Waals surface area contributed by atoms with E-state index in [2.05, 4.69) is 15.3 Å². The number of methoxy groups -OCH3 is 2. The number of carbonyl (C=O) groups excluding carboxylic acids is 1. The molecule has 0 aliphatic heterocycles. The van der Waals surface area contributed by atoms with Gasteiger partial charge >= 0.3 is 0 Å². The molecule has 0 spiro atoms. The van der Waals surface area contributed by atoms with Crippen molar-refractivity contribution in [3.8, 4) is 11.5 Å². The van der Waals surface area contributed by atoms with E-state index in [0.29, 0.717) is 36.6 Å². The van der Waals surface area contributed by atoms with Crippen LogP contribution in [0.5, 0.6) is 11.5 Å². The summed E-state index contributed by atoms with van der Waals surface area (Å²) in [4.78, 5) is 14.5. The molecule has 1 rings (SSSR count). The molecular formula is C12H16N4O3. The molecule has 1 aromatic carbocycles. The zero-order valence-electron chi connectivity index (χ0n) is 10.9. The van der Waals surface area contributed by atoms with E-state index in [1.807, 2.05) is 0 Å². The zero-order chi connectivity index (χ0) is 14.1. The maximum atomic E-state index is 11.9. The highest BCUT2D eigenvalue weighted by Crippen LogP contribution is 2.22. The van der Waals surface area contributed by atoms with Crippen LogP contribution in [0.2, 0.25) is 0 Å². The second kappa shape index (κ2) is 7.84. The molecule has 19 heavy (non-hydrogen) atoms. The number of hydrogen-bond donors (Lipinski definition) is 1. The highest BCUT2D eigenvalue weighted by Gasteiger charge is 2.09. The Morgan fingerprint density at radius 3 is 2.47 bits per heavy atom. The van der Waals surface area contributed by atoms with Gasteiger partial charge in [-0.3, -0.25) is 4.79 Å². The Hall–Kier alpha value is -2.40. The number of carbonyl (C=O) groups is 1. The summed E-state index contributed by atoms with van der Waals surface area (Å²) in [6.45, 7) is 0.801. The molecular weight excluding hydrogens is 248 g/mol. The highest BCUT2D eigenvalue weighted by molar-refractivity contribution is 5.95. The molecule has 7 heteroatoms. The Bertz CT molecular complexity index is 462. The lowest BCUT2D eigenvalue weighted by Gasteiger charge is -2.08. The molecule has 0 radical (unpaired) electrons. The average Bonchev–Trinajstić information content (AvgIpc) is 2.46. The standard InChI is InChI=1S/C12H16N4O3/c1-18-10-6-9(7-11(8-10)19-2)12(17)14-4-3-5-15-16-13/h6-8H,3-5H2,1-2H3,(H,14,17). The molecule has 0 fully saturated rings. The fourth-order valence-corrected chi connectivity index (χ4v) is 1.44. The minimum Gasteiger partial charge on any atom is -0.497 e. The van der Waals surface area contributed by atoms with Gasteiger partial charge in [0.15, 0.2) is 0 Å². The molecule has 0 unspecified atom stereocenters. The van der Waals surface area contributed by atoms with E-state index in [1.54, 1.807) is 18.2 Å². The van der Waals surface area contributed by atoms with Crippen molar-refractivity contribution >= 4 is 5.91 Å². The van der Waals surface area contributed by atoms with Crippen LogP contribution >= 0.6 is 0 Å². The van der Waals surface area contributed by atoms with Crippen LogP contribution in [0.3, 0.4) is 0 Å². The van der Waals surface area contributed by atoms with Crippen molar-refractivity contribution in [3.63, 3.8) is 0 Å². The van der Waals surface area contributed by atoms with Crippen molar-refractivity contribution in [2.75, 3.05) is 27.3 Å². The number of amides is 1. The van der Waals surface area contributed by atoms with Gasteiger partial charge in [0.2, 0.25) is 0 Å². The smallest absolute Gasteiger partial charge is 0.251 e. The van der Waals surface area contributed by atoms with E-state index >= 15 is 0 Å². The van der Waals surface area contributed by atoms with Crippen molar-refractivity contribution in [2.45, 2.75) is 6.42 Å². The summed E-state index contributed by atoms with van der Waals surface area (Å²) < 4.78 is 10.2. The van der Waals surface area contributed by atoms with E-state index in [-0.39, 0.29) is 5.91 Å². The summed E-state index contributed by atoms with van der Waals surface area (Å²) >= 11 is 0. The molecule has 0 aliphatic carbocycles. The van der Waals surface area contributed by atoms with Gasteiger partial charge in [-0.05, 0) is 24.1 Å². The van der Waals surface area contributed by atoms with E-state index in [4.69, 9.17) is 15.0 Å². The maximum Gasteiger partial charge on any atom is 0.251 e. The number of hydrogen-bond acceptors (Lipinski definition) is 4. The van der Waals surface area contributed by atoms with Gasteiger partial charge in [0.25, 0.3) is 5.91 Å². The molecule has 0 aliphatic rings.